The fraction of sp³-hybridized carbons (Fsp3) is 0.846. The Balaban J connectivity index is 2.42. The standard InChI is InChI=1S/C13H25N3O2/c1-3-5-12(14)10-13(18)16-7-4-6-15(8-9-16)11(2)17/h12H,3-10,14H2,1-2H3. The Labute approximate surface area is 109 Å². The van der Waals surface area contributed by atoms with Crippen molar-refractivity contribution in [3.63, 3.8) is 0 Å². The predicted molar refractivity (Wildman–Crippen MR) is 71.0 cm³/mol. The summed E-state index contributed by atoms with van der Waals surface area (Å²) in [7, 11) is 0. The van der Waals surface area contributed by atoms with Crippen LogP contribution < -0.4 is 5.73 Å². The highest BCUT2D eigenvalue weighted by Gasteiger charge is 2.21. The zero-order valence-corrected chi connectivity index (χ0v) is 11.5. The highest BCUT2D eigenvalue weighted by atomic mass is 16.2. The molecule has 0 radical (unpaired) electrons. The molecule has 1 fully saturated rings. The molecule has 5 nitrogen and oxygen atoms in total. The molecule has 0 aromatic heterocycles. The zero-order chi connectivity index (χ0) is 13.5. The number of hydrogen-bond acceptors (Lipinski definition) is 3. The maximum Gasteiger partial charge on any atom is 0.224 e. The Morgan fingerprint density at radius 1 is 1.17 bits per heavy atom. The smallest absolute Gasteiger partial charge is 0.224 e. The molecule has 0 spiro atoms. The van der Waals surface area contributed by atoms with Crippen molar-refractivity contribution in [1.82, 2.24) is 9.80 Å². The summed E-state index contributed by atoms with van der Waals surface area (Å²) in [6.07, 6.45) is 3.17. The van der Waals surface area contributed by atoms with E-state index in [1.165, 1.54) is 0 Å². The molecule has 104 valence electrons. The first-order valence-electron chi connectivity index (χ1n) is 6.83. The van der Waals surface area contributed by atoms with Crippen molar-refractivity contribution in [3.05, 3.63) is 0 Å². The van der Waals surface area contributed by atoms with Gasteiger partial charge in [-0.2, -0.15) is 0 Å². The van der Waals surface area contributed by atoms with Crippen molar-refractivity contribution in [2.75, 3.05) is 26.2 Å². The molecule has 1 unspecified atom stereocenters. The van der Waals surface area contributed by atoms with E-state index in [2.05, 4.69) is 6.92 Å². The Bertz CT molecular complexity index is 294. The molecule has 0 bridgehead atoms. The lowest BCUT2D eigenvalue weighted by molar-refractivity contribution is -0.132. The van der Waals surface area contributed by atoms with Crippen LogP contribution in [0, 0.1) is 0 Å². The molecule has 0 aliphatic carbocycles. The van der Waals surface area contributed by atoms with Gasteiger partial charge in [-0.25, -0.2) is 0 Å². The molecule has 1 aliphatic heterocycles. The molecular formula is C13H25N3O2. The summed E-state index contributed by atoms with van der Waals surface area (Å²) in [5.41, 5.74) is 5.89. The van der Waals surface area contributed by atoms with E-state index in [0.29, 0.717) is 19.5 Å². The lowest BCUT2D eigenvalue weighted by Crippen LogP contribution is -2.39. The van der Waals surface area contributed by atoms with E-state index >= 15 is 0 Å². The second kappa shape index (κ2) is 7.36. The monoisotopic (exact) mass is 255 g/mol. The van der Waals surface area contributed by atoms with E-state index in [-0.39, 0.29) is 17.9 Å². The van der Waals surface area contributed by atoms with Crippen LogP contribution in [0.5, 0.6) is 0 Å². The summed E-state index contributed by atoms with van der Waals surface area (Å²) in [6.45, 7) is 6.42. The number of amides is 2. The van der Waals surface area contributed by atoms with E-state index in [4.69, 9.17) is 5.73 Å². The Morgan fingerprint density at radius 2 is 1.78 bits per heavy atom. The number of carbonyl (C=O) groups is 2. The summed E-state index contributed by atoms with van der Waals surface area (Å²) in [4.78, 5) is 27.0. The van der Waals surface area contributed by atoms with Gasteiger partial charge in [0.2, 0.25) is 11.8 Å². The van der Waals surface area contributed by atoms with Crippen molar-refractivity contribution in [3.8, 4) is 0 Å². The van der Waals surface area contributed by atoms with Gasteiger partial charge in [0, 0.05) is 45.6 Å². The maximum absolute atomic E-state index is 12.1. The molecule has 0 aromatic rings. The SMILES string of the molecule is CCCC(N)CC(=O)N1CCCN(C(C)=O)CC1. The lowest BCUT2D eigenvalue weighted by atomic mass is 10.1. The summed E-state index contributed by atoms with van der Waals surface area (Å²) >= 11 is 0. The van der Waals surface area contributed by atoms with Crippen LogP contribution in [0.4, 0.5) is 0 Å². The molecule has 1 saturated heterocycles. The molecule has 1 aliphatic rings. The highest BCUT2D eigenvalue weighted by molar-refractivity contribution is 5.77. The molecule has 1 atom stereocenters. The molecule has 18 heavy (non-hydrogen) atoms. The van der Waals surface area contributed by atoms with E-state index in [1.54, 1.807) is 11.8 Å². The lowest BCUT2D eigenvalue weighted by Gasteiger charge is -2.22. The minimum absolute atomic E-state index is 0.0327. The van der Waals surface area contributed by atoms with Gasteiger partial charge in [0.25, 0.3) is 0 Å². The van der Waals surface area contributed by atoms with Gasteiger partial charge in [-0.15, -0.1) is 0 Å². The fourth-order valence-corrected chi connectivity index (χ4v) is 2.31. The highest BCUT2D eigenvalue weighted by Crippen LogP contribution is 2.07. The van der Waals surface area contributed by atoms with Gasteiger partial charge in [0.1, 0.15) is 0 Å². The third-order valence-corrected chi connectivity index (χ3v) is 3.39. The third kappa shape index (κ3) is 4.64. The Hall–Kier alpha value is -1.10. The average molecular weight is 255 g/mol. The van der Waals surface area contributed by atoms with Crippen LogP contribution in [0.3, 0.4) is 0 Å². The normalized spacial score (nSPS) is 18.4. The van der Waals surface area contributed by atoms with Crippen molar-refractivity contribution < 1.29 is 9.59 Å². The van der Waals surface area contributed by atoms with Crippen LogP contribution in [-0.4, -0.2) is 53.8 Å². The van der Waals surface area contributed by atoms with Crippen LogP contribution in [-0.2, 0) is 9.59 Å². The number of carbonyl (C=O) groups excluding carboxylic acids is 2. The predicted octanol–water partition coefficient (Wildman–Crippen LogP) is 0.585. The molecular weight excluding hydrogens is 230 g/mol. The molecule has 2 N–H and O–H groups in total. The number of rotatable bonds is 4. The van der Waals surface area contributed by atoms with Gasteiger partial charge in [0.15, 0.2) is 0 Å². The fourth-order valence-electron chi connectivity index (χ4n) is 2.31. The Morgan fingerprint density at radius 3 is 2.39 bits per heavy atom. The first-order valence-corrected chi connectivity index (χ1v) is 6.83. The van der Waals surface area contributed by atoms with E-state index < -0.39 is 0 Å². The molecule has 1 heterocycles. The van der Waals surface area contributed by atoms with Crippen LogP contribution in [0.1, 0.15) is 39.5 Å². The van der Waals surface area contributed by atoms with Gasteiger partial charge >= 0.3 is 0 Å². The van der Waals surface area contributed by atoms with Gasteiger partial charge in [-0.1, -0.05) is 13.3 Å². The van der Waals surface area contributed by atoms with Crippen LogP contribution >= 0.6 is 0 Å². The van der Waals surface area contributed by atoms with E-state index in [9.17, 15) is 9.59 Å². The van der Waals surface area contributed by atoms with Crippen LogP contribution in [0.25, 0.3) is 0 Å². The van der Waals surface area contributed by atoms with Gasteiger partial charge in [0.05, 0.1) is 0 Å². The molecule has 2 amide bonds. The minimum atomic E-state index is -0.0327. The summed E-state index contributed by atoms with van der Waals surface area (Å²) in [6, 6.07) is -0.0327. The first kappa shape index (κ1) is 15.0. The first-order chi connectivity index (χ1) is 8.54. The second-order valence-electron chi connectivity index (χ2n) is 4.99. The van der Waals surface area contributed by atoms with Crippen molar-refractivity contribution in [1.29, 1.82) is 0 Å². The Kier molecular flexibility index (Phi) is 6.12. The second-order valence-corrected chi connectivity index (χ2v) is 4.99. The van der Waals surface area contributed by atoms with Gasteiger partial charge in [-0.3, -0.25) is 9.59 Å². The van der Waals surface area contributed by atoms with Gasteiger partial charge < -0.3 is 15.5 Å². The van der Waals surface area contributed by atoms with E-state index in [0.717, 1.165) is 32.4 Å². The minimum Gasteiger partial charge on any atom is -0.341 e. The third-order valence-electron chi connectivity index (χ3n) is 3.39. The number of nitrogens with two attached hydrogens (primary N) is 1. The van der Waals surface area contributed by atoms with Crippen LogP contribution in [0.2, 0.25) is 0 Å². The largest absolute Gasteiger partial charge is 0.341 e. The molecule has 0 saturated carbocycles. The van der Waals surface area contributed by atoms with Crippen LogP contribution in [0.15, 0.2) is 0 Å². The van der Waals surface area contributed by atoms with Crippen molar-refractivity contribution >= 4 is 11.8 Å². The summed E-state index contributed by atoms with van der Waals surface area (Å²) in [5.74, 6) is 0.216. The van der Waals surface area contributed by atoms with Crippen molar-refractivity contribution in [2.24, 2.45) is 5.73 Å². The quantitative estimate of drug-likeness (QED) is 0.799. The number of hydrogen-bond donors (Lipinski definition) is 1. The van der Waals surface area contributed by atoms with Gasteiger partial charge in [-0.05, 0) is 12.8 Å². The number of nitrogens with zero attached hydrogens (tertiary/aromatic N) is 2. The average Bonchev–Trinajstić information content (AvgIpc) is 2.54. The van der Waals surface area contributed by atoms with Crippen molar-refractivity contribution in [2.45, 2.75) is 45.6 Å². The van der Waals surface area contributed by atoms with E-state index in [1.807, 2.05) is 4.90 Å². The molecule has 1 rings (SSSR count). The summed E-state index contributed by atoms with van der Waals surface area (Å²) < 4.78 is 0. The maximum atomic E-state index is 12.1. The topological polar surface area (TPSA) is 66.6 Å². The molecule has 0 aromatic carbocycles. The summed E-state index contributed by atoms with van der Waals surface area (Å²) in [5, 5.41) is 0. The zero-order valence-electron chi connectivity index (χ0n) is 11.5. The molecule has 5 heteroatoms.